The van der Waals surface area contributed by atoms with Crippen LogP contribution in [-0.4, -0.2) is 50.5 Å². The van der Waals surface area contributed by atoms with Crippen LogP contribution in [0.25, 0.3) is 0 Å². The smallest absolute Gasteiger partial charge is 0.253 e. The molecule has 2 aromatic carbocycles. The summed E-state index contributed by atoms with van der Waals surface area (Å²) in [5, 5.41) is 2.80. The third-order valence-electron chi connectivity index (χ3n) is 4.83. The number of carbonyl (C=O) groups is 2. The molecule has 0 unspecified atom stereocenters. The van der Waals surface area contributed by atoms with Gasteiger partial charge in [0, 0.05) is 19.7 Å². The minimum absolute atomic E-state index is 0.130. The number of nitrogens with one attached hydrogen (secondary N) is 1. The van der Waals surface area contributed by atoms with E-state index in [0.29, 0.717) is 35.9 Å². The number of rotatable bonds is 10. The van der Waals surface area contributed by atoms with Crippen molar-refractivity contribution < 1.29 is 23.1 Å². The zero-order valence-electron chi connectivity index (χ0n) is 18.1. The van der Waals surface area contributed by atoms with Crippen molar-refractivity contribution in [1.82, 2.24) is 10.2 Å². The molecule has 3 aromatic rings. The lowest BCUT2D eigenvalue weighted by Crippen LogP contribution is -2.39. The molecule has 3 rings (SSSR count). The molecule has 7 nitrogen and oxygen atoms in total. The summed E-state index contributed by atoms with van der Waals surface area (Å²) in [6.07, 6.45) is 1.54. The highest BCUT2D eigenvalue weighted by molar-refractivity contribution is 6.04. The molecular weight excluding hydrogens is 413 g/mol. The summed E-state index contributed by atoms with van der Waals surface area (Å²) < 4.78 is 24.0. The second kappa shape index (κ2) is 11.1. The van der Waals surface area contributed by atoms with E-state index in [2.05, 4.69) is 5.32 Å². The number of nitrogens with zero attached hydrogens (tertiary/aromatic N) is 2. The predicted octanol–water partition coefficient (Wildman–Crippen LogP) is 3.32. The lowest BCUT2D eigenvalue weighted by Gasteiger charge is -2.23. The molecule has 8 heteroatoms. The van der Waals surface area contributed by atoms with Gasteiger partial charge in [-0.05, 0) is 43.4 Å². The van der Waals surface area contributed by atoms with E-state index < -0.39 is 0 Å². The maximum absolute atomic E-state index is 13.2. The Hall–Kier alpha value is -3.65. The lowest BCUT2D eigenvalue weighted by molar-refractivity contribution is -0.119. The van der Waals surface area contributed by atoms with Gasteiger partial charge >= 0.3 is 0 Å². The Kier molecular flexibility index (Phi) is 7.99. The van der Waals surface area contributed by atoms with Gasteiger partial charge in [0.15, 0.2) is 0 Å². The van der Waals surface area contributed by atoms with E-state index in [1.807, 2.05) is 0 Å². The minimum atomic E-state index is -0.362. The summed E-state index contributed by atoms with van der Waals surface area (Å²) >= 11 is 0. The molecule has 0 fully saturated rings. The highest BCUT2D eigenvalue weighted by Crippen LogP contribution is 2.20. The number of carbonyl (C=O) groups excluding carboxylic acids is 2. The van der Waals surface area contributed by atoms with E-state index in [1.54, 1.807) is 73.8 Å². The molecule has 1 heterocycles. The normalized spacial score (nSPS) is 10.8. The number of furan rings is 1. The molecule has 2 amide bonds. The molecule has 1 N–H and O–H groups in total. The van der Waals surface area contributed by atoms with E-state index in [4.69, 9.17) is 9.15 Å². The Balaban J connectivity index is 1.53. The molecule has 0 radical (unpaired) electrons. The van der Waals surface area contributed by atoms with Crippen molar-refractivity contribution in [3.05, 3.63) is 84.1 Å². The Morgan fingerprint density at radius 2 is 1.88 bits per heavy atom. The van der Waals surface area contributed by atoms with Crippen LogP contribution in [0, 0.1) is 5.82 Å². The van der Waals surface area contributed by atoms with Crippen molar-refractivity contribution in [3.63, 3.8) is 0 Å². The summed E-state index contributed by atoms with van der Waals surface area (Å²) in [6, 6.07) is 16.4. The SMILES string of the molecule is CN(CCOc1cccc(F)c1)CC(=O)N(C)c1ccccc1C(=O)NCc1ccco1. The first-order valence-electron chi connectivity index (χ1n) is 10.2. The van der Waals surface area contributed by atoms with Crippen molar-refractivity contribution in [2.24, 2.45) is 0 Å². The van der Waals surface area contributed by atoms with Crippen molar-refractivity contribution >= 4 is 17.5 Å². The molecule has 0 atom stereocenters. The number of hydrogen-bond donors (Lipinski definition) is 1. The fourth-order valence-electron chi connectivity index (χ4n) is 3.06. The summed E-state index contributed by atoms with van der Waals surface area (Å²) in [6.45, 7) is 1.17. The third kappa shape index (κ3) is 6.42. The number of amides is 2. The highest BCUT2D eigenvalue weighted by Gasteiger charge is 2.19. The number of likely N-dealkylation sites (N-methyl/N-ethyl adjacent to an activating group) is 2. The molecular formula is C24H26FN3O4. The number of benzene rings is 2. The van der Waals surface area contributed by atoms with Crippen LogP contribution in [0.4, 0.5) is 10.1 Å². The molecule has 0 aliphatic heterocycles. The predicted molar refractivity (Wildman–Crippen MR) is 119 cm³/mol. The van der Waals surface area contributed by atoms with E-state index >= 15 is 0 Å². The minimum Gasteiger partial charge on any atom is -0.492 e. The van der Waals surface area contributed by atoms with E-state index in [9.17, 15) is 14.0 Å². The zero-order chi connectivity index (χ0) is 22.9. The van der Waals surface area contributed by atoms with Crippen LogP contribution >= 0.6 is 0 Å². The zero-order valence-corrected chi connectivity index (χ0v) is 18.1. The highest BCUT2D eigenvalue weighted by atomic mass is 19.1. The summed E-state index contributed by atoms with van der Waals surface area (Å²) in [7, 11) is 3.43. The second-order valence-electron chi connectivity index (χ2n) is 7.28. The first-order chi connectivity index (χ1) is 15.4. The standard InChI is InChI=1S/C24H26FN3O4/c1-27(12-14-32-19-8-5-7-18(25)15-19)17-23(29)28(2)22-11-4-3-10-21(22)24(30)26-16-20-9-6-13-31-20/h3-11,13,15H,12,14,16-17H2,1-2H3,(H,26,30). The van der Waals surface area contributed by atoms with Gasteiger partial charge in [-0.1, -0.05) is 18.2 Å². The summed E-state index contributed by atoms with van der Waals surface area (Å²) in [4.78, 5) is 28.7. The summed E-state index contributed by atoms with van der Waals surface area (Å²) in [5.41, 5.74) is 0.908. The number of anilines is 1. The molecule has 1 aromatic heterocycles. The van der Waals surface area contributed by atoms with Crippen molar-refractivity contribution in [3.8, 4) is 5.75 Å². The lowest BCUT2D eigenvalue weighted by atomic mass is 10.1. The van der Waals surface area contributed by atoms with Crippen molar-refractivity contribution in [2.45, 2.75) is 6.54 Å². The largest absolute Gasteiger partial charge is 0.492 e. The maximum atomic E-state index is 13.2. The maximum Gasteiger partial charge on any atom is 0.253 e. The first-order valence-corrected chi connectivity index (χ1v) is 10.2. The van der Waals surface area contributed by atoms with E-state index in [0.717, 1.165) is 0 Å². The molecule has 0 aliphatic carbocycles. The molecule has 168 valence electrons. The second-order valence-corrected chi connectivity index (χ2v) is 7.28. The molecule has 0 spiro atoms. The topological polar surface area (TPSA) is 75.0 Å². The molecule has 0 bridgehead atoms. The van der Waals surface area contributed by atoms with E-state index in [-0.39, 0.29) is 30.7 Å². The Morgan fingerprint density at radius 1 is 1.06 bits per heavy atom. The van der Waals surface area contributed by atoms with Crippen LogP contribution < -0.4 is 15.0 Å². The summed E-state index contributed by atoms with van der Waals surface area (Å²) in [5.74, 6) is 0.247. The monoisotopic (exact) mass is 439 g/mol. The van der Waals surface area contributed by atoms with Gasteiger partial charge in [0.2, 0.25) is 5.91 Å². The number of halogens is 1. The number of para-hydroxylation sites is 1. The van der Waals surface area contributed by atoms with Crippen LogP contribution in [0.15, 0.2) is 71.3 Å². The van der Waals surface area contributed by atoms with Crippen LogP contribution in [-0.2, 0) is 11.3 Å². The van der Waals surface area contributed by atoms with E-state index in [1.165, 1.54) is 17.0 Å². The van der Waals surface area contributed by atoms with Gasteiger partial charge in [-0.25, -0.2) is 4.39 Å². The fraction of sp³-hybridized carbons (Fsp3) is 0.250. The average molecular weight is 439 g/mol. The van der Waals surface area contributed by atoms with Gasteiger partial charge in [0.1, 0.15) is 23.9 Å². The van der Waals surface area contributed by atoms with Gasteiger partial charge < -0.3 is 19.4 Å². The molecule has 32 heavy (non-hydrogen) atoms. The van der Waals surface area contributed by atoms with Gasteiger partial charge in [0.05, 0.1) is 30.6 Å². The Bertz CT molecular complexity index is 1040. The van der Waals surface area contributed by atoms with Crippen LogP contribution in [0.5, 0.6) is 5.75 Å². The average Bonchev–Trinajstić information content (AvgIpc) is 3.30. The van der Waals surface area contributed by atoms with Crippen molar-refractivity contribution in [1.29, 1.82) is 0 Å². The first kappa shape index (κ1) is 23.0. The van der Waals surface area contributed by atoms with Gasteiger partial charge in [0.25, 0.3) is 5.91 Å². The van der Waals surface area contributed by atoms with Crippen molar-refractivity contribution in [2.75, 3.05) is 38.7 Å². The third-order valence-corrected chi connectivity index (χ3v) is 4.83. The van der Waals surface area contributed by atoms with Crippen LogP contribution in [0.3, 0.4) is 0 Å². The van der Waals surface area contributed by atoms with Gasteiger partial charge in [-0.2, -0.15) is 0 Å². The molecule has 0 aliphatic rings. The quantitative estimate of drug-likeness (QED) is 0.525. The molecule has 0 saturated heterocycles. The Labute approximate surface area is 186 Å². The van der Waals surface area contributed by atoms with Crippen LogP contribution in [0.2, 0.25) is 0 Å². The number of hydrogen-bond acceptors (Lipinski definition) is 5. The van der Waals surface area contributed by atoms with Gasteiger partial charge in [-0.15, -0.1) is 0 Å². The van der Waals surface area contributed by atoms with Crippen LogP contribution in [0.1, 0.15) is 16.1 Å². The Morgan fingerprint density at radius 3 is 2.62 bits per heavy atom. The number of ether oxygens (including phenoxy) is 1. The molecule has 0 saturated carbocycles. The van der Waals surface area contributed by atoms with Gasteiger partial charge in [-0.3, -0.25) is 14.5 Å². The fourth-order valence-corrected chi connectivity index (χ4v) is 3.06.